The van der Waals surface area contributed by atoms with Crippen molar-refractivity contribution < 1.29 is 9.59 Å². The molecule has 0 aliphatic carbocycles. The fourth-order valence-corrected chi connectivity index (χ4v) is 1.41. The zero-order valence-electron chi connectivity index (χ0n) is 8.37. The molecule has 0 fully saturated rings. The Morgan fingerprint density at radius 3 is 2.40 bits per heavy atom. The Morgan fingerprint density at radius 2 is 1.93 bits per heavy atom. The molecule has 1 aromatic rings. The van der Waals surface area contributed by atoms with Crippen molar-refractivity contribution in [3.05, 3.63) is 35.9 Å². The molecular formula is C11H12ClNO2. The summed E-state index contributed by atoms with van der Waals surface area (Å²) in [7, 11) is 0. The zero-order valence-corrected chi connectivity index (χ0v) is 9.12. The Balaban J connectivity index is 2.67. The Labute approximate surface area is 93.4 Å². The first-order valence-corrected chi connectivity index (χ1v) is 4.98. The molecule has 0 aliphatic rings. The van der Waals surface area contributed by atoms with Crippen molar-refractivity contribution in [1.82, 2.24) is 5.32 Å². The number of amides is 1. The maximum absolute atomic E-state index is 11.0. The predicted octanol–water partition coefficient (Wildman–Crippen LogP) is 1.50. The van der Waals surface area contributed by atoms with Gasteiger partial charge in [-0.1, -0.05) is 30.3 Å². The second kappa shape index (κ2) is 5.51. The van der Waals surface area contributed by atoms with Crippen LogP contribution in [0.4, 0.5) is 0 Å². The summed E-state index contributed by atoms with van der Waals surface area (Å²) in [5.74, 6) is -0.259. The normalized spacial score (nSPS) is 11.9. The molecule has 0 bridgehead atoms. The predicted molar refractivity (Wildman–Crippen MR) is 58.6 cm³/mol. The third kappa shape index (κ3) is 4.13. The topological polar surface area (TPSA) is 46.2 Å². The van der Waals surface area contributed by atoms with Crippen molar-refractivity contribution in [2.45, 2.75) is 19.4 Å². The molecule has 3 nitrogen and oxygen atoms in total. The van der Waals surface area contributed by atoms with E-state index < -0.39 is 11.3 Å². The van der Waals surface area contributed by atoms with Crippen molar-refractivity contribution in [1.29, 1.82) is 0 Å². The summed E-state index contributed by atoms with van der Waals surface area (Å²) in [4.78, 5) is 21.9. The molecule has 1 amide bonds. The van der Waals surface area contributed by atoms with E-state index in [1.165, 1.54) is 6.92 Å². The molecule has 0 spiro atoms. The first-order chi connectivity index (χ1) is 7.09. The van der Waals surface area contributed by atoms with E-state index in [4.69, 9.17) is 11.6 Å². The Hall–Kier alpha value is -1.35. The minimum Gasteiger partial charge on any atom is -0.345 e. The minimum absolute atomic E-state index is 0.259. The van der Waals surface area contributed by atoms with Gasteiger partial charge in [0.25, 0.3) is 0 Å². The average molecular weight is 226 g/mol. The highest BCUT2D eigenvalue weighted by atomic mass is 35.5. The smallest absolute Gasteiger partial charge is 0.244 e. The molecule has 0 aromatic heterocycles. The second-order valence-electron chi connectivity index (χ2n) is 3.25. The summed E-state index contributed by atoms with van der Waals surface area (Å²) in [6.07, 6.45) is 0.419. The molecule has 80 valence electrons. The quantitative estimate of drug-likeness (QED) is 0.790. The third-order valence-electron chi connectivity index (χ3n) is 1.93. The first kappa shape index (κ1) is 11.7. The first-order valence-electron chi connectivity index (χ1n) is 4.60. The van der Waals surface area contributed by atoms with Crippen molar-refractivity contribution in [2.24, 2.45) is 0 Å². The van der Waals surface area contributed by atoms with Gasteiger partial charge in [-0.05, 0) is 17.2 Å². The van der Waals surface area contributed by atoms with Crippen LogP contribution in [-0.2, 0) is 16.0 Å². The van der Waals surface area contributed by atoms with Crippen molar-refractivity contribution in [3.8, 4) is 0 Å². The molecule has 0 radical (unpaired) electrons. The highest BCUT2D eigenvalue weighted by molar-refractivity contribution is 6.64. The number of carbonyl (C=O) groups excluding carboxylic acids is 2. The van der Waals surface area contributed by atoms with Crippen LogP contribution in [0.2, 0.25) is 0 Å². The lowest BCUT2D eigenvalue weighted by Crippen LogP contribution is -2.39. The van der Waals surface area contributed by atoms with Gasteiger partial charge in [0.1, 0.15) is 6.04 Å². The molecule has 0 saturated carbocycles. The third-order valence-corrected chi connectivity index (χ3v) is 2.20. The highest BCUT2D eigenvalue weighted by Gasteiger charge is 2.17. The summed E-state index contributed by atoms with van der Waals surface area (Å²) in [5, 5.41) is 1.96. The molecule has 1 rings (SSSR count). The van der Waals surface area contributed by atoms with Gasteiger partial charge in [-0.25, -0.2) is 0 Å². The van der Waals surface area contributed by atoms with Gasteiger partial charge < -0.3 is 5.32 Å². The summed E-state index contributed by atoms with van der Waals surface area (Å²) in [6.45, 7) is 1.36. The lowest BCUT2D eigenvalue weighted by atomic mass is 10.1. The van der Waals surface area contributed by atoms with Gasteiger partial charge in [0.15, 0.2) is 0 Å². The lowest BCUT2D eigenvalue weighted by Gasteiger charge is -2.13. The van der Waals surface area contributed by atoms with Crippen LogP contribution in [0.25, 0.3) is 0 Å². The van der Waals surface area contributed by atoms with E-state index in [0.29, 0.717) is 6.42 Å². The Kier molecular flexibility index (Phi) is 4.31. The van der Waals surface area contributed by atoms with Crippen LogP contribution >= 0.6 is 11.6 Å². The molecule has 1 unspecified atom stereocenters. The average Bonchev–Trinajstić information content (AvgIpc) is 2.17. The van der Waals surface area contributed by atoms with E-state index in [0.717, 1.165) is 5.56 Å². The van der Waals surface area contributed by atoms with Gasteiger partial charge in [-0.2, -0.15) is 0 Å². The molecule has 15 heavy (non-hydrogen) atoms. The highest BCUT2D eigenvalue weighted by Crippen LogP contribution is 2.05. The van der Waals surface area contributed by atoms with Crippen LogP contribution in [-0.4, -0.2) is 17.2 Å². The number of hydrogen-bond acceptors (Lipinski definition) is 2. The van der Waals surface area contributed by atoms with Gasteiger partial charge in [-0.3, -0.25) is 9.59 Å². The van der Waals surface area contributed by atoms with Gasteiger partial charge in [0.05, 0.1) is 0 Å². The van der Waals surface area contributed by atoms with E-state index in [-0.39, 0.29) is 5.91 Å². The van der Waals surface area contributed by atoms with Crippen molar-refractivity contribution in [3.63, 3.8) is 0 Å². The number of halogens is 1. The van der Waals surface area contributed by atoms with Crippen LogP contribution in [0, 0.1) is 0 Å². The summed E-state index contributed by atoms with van der Waals surface area (Å²) in [5.41, 5.74) is 0.963. The maximum atomic E-state index is 11.0. The fourth-order valence-electron chi connectivity index (χ4n) is 1.28. The van der Waals surface area contributed by atoms with E-state index >= 15 is 0 Å². The standard InChI is InChI=1S/C11H12ClNO2/c1-8(14)13-10(11(12)15)7-9-5-3-2-4-6-9/h2-6,10H,7H2,1H3,(H,13,14). The molecule has 4 heteroatoms. The number of rotatable bonds is 4. The number of hydrogen-bond donors (Lipinski definition) is 1. The van der Waals surface area contributed by atoms with Gasteiger partial charge in [0, 0.05) is 13.3 Å². The largest absolute Gasteiger partial charge is 0.345 e. The van der Waals surface area contributed by atoms with Crippen LogP contribution < -0.4 is 5.32 Å². The Bertz CT molecular complexity index is 351. The van der Waals surface area contributed by atoms with Crippen LogP contribution in [0.3, 0.4) is 0 Å². The number of benzene rings is 1. The van der Waals surface area contributed by atoms with Crippen LogP contribution in [0.5, 0.6) is 0 Å². The number of nitrogens with one attached hydrogen (secondary N) is 1. The summed E-state index contributed by atoms with van der Waals surface area (Å²) in [6, 6.07) is 8.76. The lowest BCUT2D eigenvalue weighted by molar-refractivity contribution is -0.123. The molecule has 1 aromatic carbocycles. The van der Waals surface area contributed by atoms with Crippen LogP contribution in [0.1, 0.15) is 12.5 Å². The van der Waals surface area contributed by atoms with E-state index in [1.807, 2.05) is 30.3 Å². The second-order valence-corrected chi connectivity index (χ2v) is 3.62. The van der Waals surface area contributed by atoms with E-state index in [1.54, 1.807) is 0 Å². The monoisotopic (exact) mass is 225 g/mol. The van der Waals surface area contributed by atoms with E-state index in [2.05, 4.69) is 5.32 Å². The molecule has 1 atom stereocenters. The minimum atomic E-state index is -0.647. The van der Waals surface area contributed by atoms with Gasteiger partial charge >= 0.3 is 0 Å². The van der Waals surface area contributed by atoms with Gasteiger partial charge in [-0.15, -0.1) is 0 Å². The summed E-state index contributed by atoms with van der Waals surface area (Å²) < 4.78 is 0. The molecule has 0 heterocycles. The van der Waals surface area contributed by atoms with Crippen molar-refractivity contribution in [2.75, 3.05) is 0 Å². The fraction of sp³-hybridized carbons (Fsp3) is 0.273. The van der Waals surface area contributed by atoms with Crippen molar-refractivity contribution >= 4 is 22.8 Å². The number of carbonyl (C=O) groups is 2. The molecule has 0 aliphatic heterocycles. The van der Waals surface area contributed by atoms with Crippen LogP contribution in [0.15, 0.2) is 30.3 Å². The maximum Gasteiger partial charge on any atom is 0.244 e. The zero-order chi connectivity index (χ0) is 11.3. The molecular weight excluding hydrogens is 214 g/mol. The molecule has 1 N–H and O–H groups in total. The van der Waals surface area contributed by atoms with E-state index in [9.17, 15) is 9.59 Å². The van der Waals surface area contributed by atoms with Gasteiger partial charge in [0.2, 0.25) is 11.1 Å². The summed E-state index contributed by atoms with van der Waals surface area (Å²) >= 11 is 5.38. The SMILES string of the molecule is CC(=O)NC(Cc1ccccc1)C(=O)Cl. The molecule has 0 saturated heterocycles. The Morgan fingerprint density at radius 1 is 1.33 bits per heavy atom.